The molecule has 0 fully saturated rings. The van der Waals surface area contributed by atoms with E-state index in [1.54, 1.807) is 6.92 Å². The topological polar surface area (TPSA) is 104 Å². The second-order valence-corrected chi connectivity index (χ2v) is 5.46. The highest BCUT2D eigenvalue weighted by atomic mass is 16.6. The molecule has 1 aromatic heterocycles. The highest BCUT2D eigenvalue weighted by Gasteiger charge is 2.19. The lowest BCUT2D eigenvalue weighted by atomic mass is 10.2. The fourth-order valence-electron chi connectivity index (χ4n) is 2.44. The molecule has 0 aliphatic heterocycles. The summed E-state index contributed by atoms with van der Waals surface area (Å²) in [6, 6.07) is 11.3. The summed E-state index contributed by atoms with van der Waals surface area (Å²) in [5.74, 6) is -0.618. The van der Waals surface area contributed by atoms with E-state index in [0.717, 1.165) is 11.6 Å². The Labute approximate surface area is 148 Å². The molecule has 26 heavy (non-hydrogen) atoms. The maximum absolute atomic E-state index is 12.2. The van der Waals surface area contributed by atoms with Gasteiger partial charge in [-0.25, -0.2) is 14.8 Å². The van der Waals surface area contributed by atoms with Crippen molar-refractivity contribution < 1.29 is 19.2 Å². The van der Waals surface area contributed by atoms with Gasteiger partial charge in [-0.2, -0.15) is 0 Å². The number of ether oxygens (including phenoxy) is 2. The Hall–Kier alpha value is -3.55. The Kier molecular flexibility index (Phi) is 4.74. The van der Waals surface area contributed by atoms with Gasteiger partial charge in [0.25, 0.3) is 0 Å². The van der Waals surface area contributed by atoms with Crippen LogP contribution in [0.1, 0.15) is 21.7 Å². The molecule has 1 heterocycles. The lowest BCUT2D eigenvalue weighted by Crippen LogP contribution is -2.09. The van der Waals surface area contributed by atoms with Crippen molar-refractivity contribution in [3.05, 3.63) is 69.5 Å². The van der Waals surface area contributed by atoms with Crippen LogP contribution in [0.2, 0.25) is 0 Å². The molecule has 0 aliphatic carbocycles. The van der Waals surface area contributed by atoms with Gasteiger partial charge in [0.1, 0.15) is 6.61 Å². The minimum Gasteiger partial charge on any atom is -0.490 e. The summed E-state index contributed by atoms with van der Waals surface area (Å²) < 4.78 is 10.2. The Morgan fingerprint density at radius 1 is 1.15 bits per heavy atom. The molecule has 0 saturated carbocycles. The van der Waals surface area contributed by atoms with E-state index in [4.69, 9.17) is 9.47 Å². The molecule has 0 atom stereocenters. The number of carbonyl (C=O) groups is 1. The normalized spacial score (nSPS) is 10.5. The van der Waals surface area contributed by atoms with E-state index < -0.39 is 10.9 Å². The minimum absolute atomic E-state index is 0.0592. The van der Waals surface area contributed by atoms with E-state index in [0.29, 0.717) is 16.9 Å². The van der Waals surface area contributed by atoms with Crippen molar-refractivity contribution in [3.8, 4) is 5.75 Å². The van der Waals surface area contributed by atoms with E-state index in [1.807, 2.05) is 24.3 Å². The molecule has 0 unspecified atom stereocenters. The molecule has 2 aromatic carbocycles. The van der Waals surface area contributed by atoms with Crippen LogP contribution in [0.3, 0.4) is 0 Å². The molecular weight excluding hydrogens is 338 g/mol. The zero-order valence-electron chi connectivity index (χ0n) is 14.1. The van der Waals surface area contributed by atoms with Gasteiger partial charge in [-0.15, -0.1) is 0 Å². The molecule has 3 rings (SSSR count). The number of nitrogens with zero attached hydrogens (tertiary/aromatic N) is 3. The van der Waals surface area contributed by atoms with Crippen LogP contribution in [0.4, 0.5) is 5.69 Å². The van der Waals surface area contributed by atoms with Gasteiger partial charge < -0.3 is 9.47 Å². The molecule has 0 spiro atoms. The maximum Gasteiger partial charge on any atom is 0.338 e. The Balaban J connectivity index is 1.80. The molecule has 3 aromatic rings. The van der Waals surface area contributed by atoms with Crippen LogP contribution in [0.15, 0.2) is 42.5 Å². The summed E-state index contributed by atoms with van der Waals surface area (Å²) in [6.07, 6.45) is 0. The van der Waals surface area contributed by atoms with E-state index in [2.05, 4.69) is 9.97 Å². The average Bonchev–Trinajstić information content (AvgIpc) is 2.65. The van der Waals surface area contributed by atoms with Crippen molar-refractivity contribution in [2.75, 3.05) is 7.11 Å². The van der Waals surface area contributed by atoms with Crippen molar-refractivity contribution >= 4 is 22.7 Å². The number of fused-ring (bicyclic) bond motifs is 1. The third-order valence-corrected chi connectivity index (χ3v) is 3.79. The van der Waals surface area contributed by atoms with Crippen LogP contribution >= 0.6 is 0 Å². The van der Waals surface area contributed by atoms with Crippen LogP contribution in [-0.2, 0) is 11.3 Å². The summed E-state index contributed by atoms with van der Waals surface area (Å²) in [5, 5.41) is 11.1. The summed E-state index contributed by atoms with van der Waals surface area (Å²) in [5.41, 5.74) is 2.39. The van der Waals surface area contributed by atoms with Crippen molar-refractivity contribution in [2.24, 2.45) is 0 Å². The van der Waals surface area contributed by atoms with Crippen LogP contribution in [0.25, 0.3) is 11.0 Å². The Morgan fingerprint density at radius 3 is 2.50 bits per heavy atom. The smallest absolute Gasteiger partial charge is 0.338 e. The first-order valence-corrected chi connectivity index (χ1v) is 7.71. The number of nitro groups is 1. The minimum atomic E-state index is -0.690. The molecule has 0 saturated heterocycles. The average molecular weight is 353 g/mol. The number of esters is 1. The van der Waals surface area contributed by atoms with Gasteiger partial charge in [-0.3, -0.25) is 10.1 Å². The summed E-state index contributed by atoms with van der Waals surface area (Å²) in [7, 11) is 1.32. The van der Waals surface area contributed by atoms with Gasteiger partial charge in [0.15, 0.2) is 5.75 Å². The zero-order chi connectivity index (χ0) is 18.7. The van der Waals surface area contributed by atoms with Crippen LogP contribution in [0, 0.1) is 17.0 Å². The van der Waals surface area contributed by atoms with E-state index in [1.165, 1.54) is 19.2 Å². The summed E-state index contributed by atoms with van der Waals surface area (Å²) >= 11 is 0. The number of hydrogen-bond acceptors (Lipinski definition) is 7. The first-order valence-electron chi connectivity index (χ1n) is 7.71. The number of para-hydroxylation sites is 2. The first-order chi connectivity index (χ1) is 12.5. The van der Waals surface area contributed by atoms with Gasteiger partial charge in [0, 0.05) is 6.07 Å². The number of hydrogen-bond donors (Lipinski definition) is 0. The van der Waals surface area contributed by atoms with Crippen LogP contribution in [-0.4, -0.2) is 28.0 Å². The van der Waals surface area contributed by atoms with Gasteiger partial charge in [-0.1, -0.05) is 12.1 Å². The number of benzene rings is 2. The number of nitro benzene ring substituents is 1. The molecule has 0 bridgehead atoms. The zero-order valence-corrected chi connectivity index (χ0v) is 14.1. The molecule has 8 heteroatoms. The fourth-order valence-corrected chi connectivity index (χ4v) is 2.44. The number of rotatable bonds is 5. The molecular formula is C18H15N3O5. The lowest BCUT2D eigenvalue weighted by molar-refractivity contribution is -0.385. The molecule has 0 N–H and O–H groups in total. The van der Waals surface area contributed by atoms with E-state index >= 15 is 0 Å². The molecule has 0 radical (unpaired) electrons. The van der Waals surface area contributed by atoms with Crippen LogP contribution in [0.5, 0.6) is 5.75 Å². The van der Waals surface area contributed by atoms with Gasteiger partial charge in [0.05, 0.1) is 40.0 Å². The number of carbonyl (C=O) groups excluding carboxylic acids is 1. The van der Waals surface area contributed by atoms with Crippen molar-refractivity contribution in [1.29, 1.82) is 0 Å². The maximum atomic E-state index is 12.2. The van der Waals surface area contributed by atoms with Gasteiger partial charge in [-0.05, 0) is 31.2 Å². The SMILES string of the molecule is COc1ccc(C(=O)OCc2nc3ccccc3nc2C)cc1[N+](=O)[O-]. The summed E-state index contributed by atoms with van der Waals surface area (Å²) in [6.45, 7) is 1.70. The second kappa shape index (κ2) is 7.14. The largest absolute Gasteiger partial charge is 0.490 e. The predicted octanol–water partition coefficient (Wildman–Crippen LogP) is 3.21. The number of methoxy groups -OCH3 is 1. The van der Waals surface area contributed by atoms with Gasteiger partial charge in [0.2, 0.25) is 0 Å². The molecule has 132 valence electrons. The standard InChI is InChI=1S/C18H15N3O5/c1-11-15(20-14-6-4-3-5-13(14)19-11)10-26-18(22)12-7-8-17(25-2)16(9-12)21(23)24/h3-9H,10H2,1-2H3. The predicted molar refractivity (Wildman–Crippen MR) is 93.0 cm³/mol. The third-order valence-electron chi connectivity index (χ3n) is 3.79. The highest BCUT2D eigenvalue weighted by Crippen LogP contribution is 2.28. The van der Waals surface area contributed by atoms with Gasteiger partial charge >= 0.3 is 11.7 Å². The fraction of sp³-hybridized carbons (Fsp3) is 0.167. The number of aromatic nitrogens is 2. The summed E-state index contributed by atoms with van der Waals surface area (Å²) in [4.78, 5) is 31.5. The quantitative estimate of drug-likeness (QED) is 0.394. The third kappa shape index (κ3) is 3.44. The molecule has 8 nitrogen and oxygen atoms in total. The van der Waals surface area contributed by atoms with Crippen molar-refractivity contribution in [2.45, 2.75) is 13.5 Å². The van der Waals surface area contributed by atoms with Crippen molar-refractivity contribution in [1.82, 2.24) is 9.97 Å². The number of aryl methyl sites for hydroxylation is 1. The second-order valence-electron chi connectivity index (χ2n) is 5.46. The monoisotopic (exact) mass is 353 g/mol. The first kappa shape index (κ1) is 17.3. The Morgan fingerprint density at radius 2 is 1.85 bits per heavy atom. The lowest BCUT2D eigenvalue weighted by Gasteiger charge is -2.08. The molecule has 0 amide bonds. The van der Waals surface area contributed by atoms with Crippen LogP contribution < -0.4 is 4.74 Å². The van der Waals surface area contributed by atoms with E-state index in [-0.39, 0.29) is 23.6 Å². The van der Waals surface area contributed by atoms with Crippen molar-refractivity contribution in [3.63, 3.8) is 0 Å². The Bertz CT molecular complexity index is 1000. The van der Waals surface area contributed by atoms with E-state index in [9.17, 15) is 14.9 Å². The highest BCUT2D eigenvalue weighted by molar-refractivity contribution is 5.90. The molecule has 0 aliphatic rings.